The van der Waals surface area contributed by atoms with Gasteiger partial charge in [0.1, 0.15) is 5.78 Å². The highest BCUT2D eigenvalue weighted by Crippen LogP contribution is 2.42. The van der Waals surface area contributed by atoms with Crippen molar-refractivity contribution in [2.45, 2.75) is 49.5 Å². The van der Waals surface area contributed by atoms with Crippen LogP contribution in [0, 0.1) is 5.92 Å². The number of amides is 1. The zero-order valence-corrected chi connectivity index (χ0v) is 18.5. The molecule has 0 unspecified atom stereocenters. The number of benzene rings is 1. The molecule has 1 aromatic carbocycles. The quantitative estimate of drug-likeness (QED) is 0.712. The first-order chi connectivity index (χ1) is 14.7. The Morgan fingerprint density at radius 2 is 1.90 bits per heavy atom. The van der Waals surface area contributed by atoms with Crippen molar-refractivity contribution in [3.63, 3.8) is 0 Å². The Morgan fingerprint density at radius 3 is 2.55 bits per heavy atom. The smallest absolute Gasteiger partial charge is 0.257 e. The van der Waals surface area contributed by atoms with Crippen LogP contribution in [0.4, 0.5) is 11.4 Å². The molecule has 2 aromatic rings. The Labute approximate surface area is 181 Å². The monoisotopic (exact) mass is 439 g/mol. The second kappa shape index (κ2) is 7.15. The number of nitrogens with zero attached hydrogens (tertiary/aromatic N) is 2. The third-order valence-corrected chi connectivity index (χ3v) is 7.34. The van der Waals surface area contributed by atoms with Gasteiger partial charge in [-0.2, -0.15) is 0 Å². The molecule has 5 rings (SSSR count). The van der Waals surface area contributed by atoms with E-state index in [9.17, 15) is 18.0 Å². The predicted molar refractivity (Wildman–Crippen MR) is 116 cm³/mol. The number of carbonyl (C=O) groups excluding carboxylic acids is 2. The zero-order chi connectivity index (χ0) is 21.9. The maximum Gasteiger partial charge on any atom is 0.257 e. The third-order valence-electron chi connectivity index (χ3n) is 6.21. The molecule has 2 saturated carbocycles. The second-order valence-electron chi connectivity index (χ2n) is 8.99. The van der Waals surface area contributed by atoms with Gasteiger partial charge in [0.15, 0.2) is 9.84 Å². The maximum atomic E-state index is 12.8. The molecule has 8 heteroatoms. The lowest BCUT2D eigenvalue weighted by molar-refractivity contribution is -0.119. The van der Waals surface area contributed by atoms with Gasteiger partial charge in [-0.3, -0.25) is 14.6 Å². The summed E-state index contributed by atoms with van der Waals surface area (Å²) in [6.45, 7) is 0.369. The Hall–Kier alpha value is -2.74. The number of sulfone groups is 1. The Morgan fingerprint density at radius 1 is 1.16 bits per heavy atom. The summed E-state index contributed by atoms with van der Waals surface area (Å²) in [4.78, 5) is 31.5. The minimum atomic E-state index is -3.48. The number of Topliss-reactive ketones (excluding diaryl/α,β-unsaturated/α-hetero) is 1. The summed E-state index contributed by atoms with van der Waals surface area (Å²) in [5.74, 6) is 0.555. The van der Waals surface area contributed by atoms with E-state index in [0.717, 1.165) is 31.2 Å². The molecule has 2 heterocycles. The number of rotatable bonds is 7. The zero-order valence-electron chi connectivity index (χ0n) is 17.6. The Kier molecular flexibility index (Phi) is 4.66. The molecule has 0 saturated heterocycles. The third kappa shape index (κ3) is 3.96. The molecule has 1 aromatic heterocycles. The highest BCUT2D eigenvalue weighted by atomic mass is 32.2. The molecule has 1 N–H and O–H groups in total. The maximum absolute atomic E-state index is 12.8. The summed E-state index contributed by atoms with van der Waals surface area (Å²) in [5, 5.41) is 3.20. The molecule has 2 aliphatic carbocycles. The van der Waals surface area contributed by atoms with Gasteiger partial charge in [0.05, 0.1) is 39.8 Å². The first kappa shape index (κ1) is 20.2. The average Bonchev–Trinajstić information content (AvgIpc) is 3.60. The molecule has 31 heavy (non-hydrogen) atoms. The number of hydrogen-bond acceptors (Lipinski definition) is 6. The number of hydrogen-bond donors (Lipinski definition) is 1. The molecule has 0 radical (unpaired) electrons. The van der Waals surface area contributed by atoms with Gasteiger partial charge in [-0.1, -0.05) is 6.07 Å². The van der Waals surface area contributed by atoms with Crippen molar-refractivity contribution in [2.75, 3.05) is 18.6 Å². The van der Waals surface area contributed by atoms with E-state index in [4.69, 9.17) is 0 Å². The molecule has 162 valence electrons. The standard InChI is InChI=1S/C23H25N3O4S/c1-26-12-19-22(23(26)28)18(10-16(24-19)11-20(27)14-5-6-14)25-17-8-7-15(13-3-4-13)9-21(17)31(2,29)30/h7-10,13-14H,3-6,11-12H2,1-2H3,(H,24,25). The van der Waals surface area contributed by atoms with E-state index in [1.165, 1.54) is 6.26 Å². The van der Waals surface area contributed by atoms with Gasteiger partial charge in [-0.15, -0.1) is 0 Å². The second-order valence-corrected chi connectivity index (χ2v) is 11.0. The lowest BCUT2D eigenvalue weighted by Gasteiger charge is -2.16. The Bertz CT molecular complexity index is 1210. The number of carbonyl (C=O) groups is 2. The summed E-state index contributed by atoms with van der Waals surface area (Å²) in [5.41, 5.74) is 3.63. The number of ketones is 1. The lowest BCUT2D eigenvalue weighted by atomic mass is 10.1. The van der Waals surface area contributed by atoms with E-state index in [1.54, 1.807) is 30.1 Å². The summed E-state index contributed by atoms with van der Waals surface area (Å²) < 4.78 is 25.0. The molecule has 1 aliphatic heterocycles. The summed E-state index contributed by atoms with van der Waals surface area (Å²) in [6, 6.07) is 7.18. The molecule has 1 amide bonds. The van der Waals surface area contributed by atoms with Crippen LogP contribution in [0.1, 0.15) is 58.9 Å². The first-order valence-corrected chi connectivity index (χ1v) is 12.5. The number of anilines is 2. The van der Waals surface area contributed by atoms with Crippen molar-refractivity contribution < 1.29 is 18.0 Å². The summed E-state index contributed by atoms with van der Waals surface area (Å²) in [7, 11) is -1.78. The van der Waals surface area contributed by atoms with Gasteiger partial charge in [0, 0.05) is 25.6 Å². The molecular weight excluding hydrogens is 414 g/mol. The van der Waals surface area contributed by atoms with Crippen molar-refractivity contribution in [1.82, 2.24) is 9.88 Å². The molecule has 3 aliphatic rings. The minimum Gasteiger partial charge on any atom is -0.354 e. The van der Waals surface area contributed by atoms with Gasteiger partial charge < -0.3 is 10.2 Å². The van der Waals surface area contributed by atoms with Crippen molar-refractivity contribution in [3.8, 4) is 0 Å². The first-order valence-electron chi connectivity index (χ1n) is 10.6. The van der Waals surface area contributed by atoms with Crippen molar-refractivity contribution in [3.05, 3.63) is 46.8 Å². The van der Waals surface area contributed by atoms with Crippen LogP contribution >= 0.6 is 0 Å². The van der Waals surface area contributed by atoms with E-state index in [2.05, 4.69) is 10.3 Å². The highest BCUT2D eigenvalue weighted by molar-refractivity contribution is 7.90. The van der Waals surface area contributed by atoms with Crippen LogP contribution in [-0.2, 0) is 27.6 Å². The number of pyridine rings is 1. The molecule has 0 atom stereocenters. The molecule has 0 spiro atoms. The van der Waals surface area contributed by atoms with E-state index >= 15 is 0 Å². The number of aromatic nitrogens is 1. The SMILES string of the molecule is CN1Cc2nc(CC(=O)C3CC3)cc(Nc3ccc(C4CC4)cc3S(C)(=O)=O)c2C1=O. The molecule has 2 fully saturated rings. The van der Waals surface area contributed by atoms with Crippen molar-refractivity contribution in [1.29, 1.82) is 0 Å². The molecular formula is C23H25N3O4S. The van der Waals surface area contributed by atoms with E-state index in [1.807, 2.05) is 6.07 Å². The predicted octanol–water partition coefficient (Wildman–Crippen LogP) is 3.21. The topological polar surface area (TPSA) is 96.4 Å². The largest absolute Gasteiger partial charge is 0.354 e. The number of fused-ring (bicyclic) bond motifs is 1. The van der Waals surface area contributed by atoms with Gasteiger partial charge >= 0.3 is 0 Å². The normalized spacial score (nSPS) is 18.3. The molecule has 0 bridgehead atoms. The fraction of sp³-hybridized carbons (Fsp3) is 0.435. The van der Waals surface area contributed by atoms with Crippen LogP contribution in [0.2, 0.25) is 0 Å². The summed E-state index contributed by atoms with van der Waals surface area (Å²) in [6.07, 6.45) is 5.44. The Balaban J connectivity index is 1.56. The summed E-state index contributed by atoms with van der Waals surface area (Å²) >= 11 is 0. The van der Waals surface area contributed by atoms with Gasteiger partial charge in [0.25, 0.3) is 5.91 Å². The van der Waals surface area contributed by atoms with Crippen molar-refractivity contribution >= 4 is 32.9 Å². The van der Waals surface area contributed by atoms with Crippen molar-refractivity contribution in [2.24, 2.45) is 5.92 Å². The van der Waals surface area contributed by atoms with E-state index in [0.29, 0.717) is 40.8 Å². The number of nitrogens with one attached hydrogen (secondary N) is 1. The van der Waals surface area contributed by atoms with E-state index in [-0.39, 0.29) is 28.9 Å². The minimum absolute atomic E-state index is 0.127. The van der Waals surface area contributed by atoms with Crippen LogP contribution in [-0.4, -0.2) is 43.3 Å². The fourth-order valence-corrected chi connectivity index (χ4v) is 5.05. The van der Waals surface area contributed by atoms with Gasteiger partial charge in [0.2, 0.25) is 0 Å². The van der Waals surface area contributed by atoms with E-state index < -0.39 is 9.84 Å². The highest BCUT2D eigenvalue weighted by Gasteiger charge is 2.33. The van der Waals surface area contributed by atoms with Gasteiger partial charge in [-0.25, -0.2) is 8.42 Å². The fourth-order valence-electron chi connectivity index (χ4n) is 4.18. The average molecular weight is 440 g/mol. The van der Waals surface area contributed by atoms with Crippen LogP contribution in [0.5, 0.6) is 0 Å². The van der Waals surface area contributed by atoms with Crippen LogP contribution in [0.25, 0.3) is 0 Å². The van der Waals surface area contributed by atoms with Crippen LogP contribution in [0.3, 0.4) is 0 Å². The van der Waals surface area contributed by atoms with Gasteiger partial charge in [-0.05, 0) is 55.4 Å². The lowest BCUT2D eigenvalue weighted by Crippen LogP contribution is -2.18. The van der Waals surface area contributed by atoms with Crippen LogP contribution < -0.4 is 5.32 Å². The van der Waals surface area contributed by atoms with Crippen LogP contribution in [0.15, 0.2) is 29.2 Å². The molecule has 7 nitrogen and oxygen atoms in total.